The number of hydrogen-bond acceptors (Lipinski definition) is 3. The Hall–Kier alpha value is -1.98. The third kappa shape index (κ3) is 4.59. The summed E-state index contributed by atoms with van der Waals surface area (Å²) < 4.78 is 5.15. The van der Waals surface area contributed by atoms with Gasteiger partial charge >= 0.3 is 0 Å². The summed E-state index contributed by atoms with van der Waals surface area (Å²) in [6.45, 7) is 1.20. The number of halogens is 2. The van der Waals surface area contributed by atoms with E-state index in [1.54, 1.807) is 23.1 Å². The van der Waals surface area contributed by atoms with Gasteiger partial charge in [0.2, 0.25) is 5.91 Å². The fourth-order valence-electron chi connectivity index (χ4n) is 3.07. The zero-order valence-electron chi connectivity index (χ0n) is 14.2. The quantitative estimate of drug-likeness (QED) is 0.834. The highest BCUT2D eigenvalue weighted by molar-refractivity contribution is 6.42. The molecule has 3 rings (SSSR count). The molecule has 0 spiro atoms. The van der Waals surface area contributed by atoms with Crippen LogP contribution in [0.15, 0.2) is 41.0 Å². The zero-order chi connectivity index (χ0) is 18.5. The molecule has 26 heavy (non-hydrogen) atoms. The highest BCUT2D eigenvalue weighted by Gasteiger charge is 2.25. The summed E-state index contributed by atoms with van der Waals surface area (Å²) in [7, 11) is 0. The predicted octanol–water partition coefficient (Wildman–Crippen LogP) is 3.94. The Morgan fingerprint density at radius 2 is 1.92 bits per heavy atom. The van der Waals surface area contributed by atoms with Crippen LogP contribution >= 0.6 is 23.2 Å². The lowest BCUT2D eigenvalue weighted by molar-refractivity contribution is -0.122. The minimum Gasteiger partial charge on any atom is -0.459 e. The first kappa shape index (κ1) is 18.8. The van der Waals surface area contributed by atoms with Crippen LogP contribution < -0.4 is 5.32 Å². The van der Waals surface area contributed by atoms with Crippen LogP contribution in [0.5, 0.6) is 0 Å². The van der Waals surface area contributed by atoms with Gasteiger partial charge in [0.15, 0.2) is 5.76 Å². The average molecular weight is 395 g/mol. The van der Waals surface area contributed by atoms with Gasteiger partial charge in [-0.25, -0.2) is 0 Å². The SMILES string of the molecule is O=C(CCc1cccc(Cl)c1Cl)NC1CCN(C(=O)c2ccco2)CC1. The number of likely N-dealkylation sites (tertiary alicyclic amines) is 1. The van der Waals surface area contributed by atoms with Gasteiger partial charge < -0.3 is 14.6 Å². The number of nitrogens with zero attached hydrogens (tertiary/aromatic N) is 1. The number of nitrogens with one attached hydrogen (secondary N) is 1. The van der Waals surface area contributed by atoms with Crippen molar-refractivity contribution in [2.75, 3.05) is 13.1 Å². The number of hydrogen-bond donors (Lipinski definition) is 1. The molecule has 1 aliphatic heterocycles. The normalized spacial score (nSPS) is 15.1. The Morgan fingerprint density at radius 3 is 2.62 bits per heavy atom. The summed E-state index contributed by atoms with van der Waals surface area (Å²) in [6, 6.07) is 8.88. The van der Waals surface area contributed by atoms with Crippen molar-refractivity contribution in [3.8, 4) is 0 Å². The molecular weight excluding hydrogens is 375 g/mol. The number of aryl methyl sites for hydroxylation is 1. The van der Waals surface area contributed by atoms with Crippen LogP contribution in [0.25, 0.3) is 0 Å². The Labute approximate surface area is 162 Å². The van der Waals surface area contributed by atoms with Crippen LogP contribution in [0.4, 0.5) is 0 Å². The second-order valence-corrected chi connectivity index (χ2v) is 7.11. The van der Waals surface area contributed by atoms with Gasteiger partial charge in [0, 0.05) is 25.6 Å². The van der Waals surface area contributed by atoms with E-state index in [4.69, 9.17) is 27.6 Å². The van der Waals surface area contributed by atoms with Gasteiger partial charge in [-0.1, -0.05) is 35.3 Å². The lowest BCUT2D eigenvalue weighted by Crippen LogP contribution is -2.46. The van der Waals surface area contributed by atoms with Gasteiger partial charge in [-0.15, -0.1) is 0 Å². The fraction of sp³-hybridized carbons (Fsp3) is 0.368. The first-order valence-corrected chi connectivity index (χ1v) is 9.35. The molecule has 1 fully saturated rings. The summed E-state index contributed by atoms with van der Waals surface area (Å²) in [5, 5.41) is 4.05. The number of amides is 2. The van der Waals surface area contributed by atoms with Gasteiger partial charge in [0.1, 0.15) is 0 Å². The van der Waals surface area contributed by atoms with Crippen LogP contribution in [0.3, 0.4) is 0 Å². The van der Waals surface area contributed by atoms with Crippen molar-refractivity contribution in [2.24, 2.45) is 0 Å². The summed E-state index contributed by atoms with van der Waals surface area (Å²) in [6.07, 6.45) is 3.85. The van der Waals surface area contributed by atoms with E-state index in [-0.39, 0.29) is 17.9 Å². The standard InChI is InChI=1S/C19H20Cl2N2O3/c20-15-4-1-3-13(18(15)21)6-7-17(24)22-14-8-10-23(11-9-14)19(25)16-5-2-12-26-16/h1-5,12,14H,6-11H2,(H,22,24). The van der Waals surface area contributed by atoms with E-state index in [0.29, 0.717) is 41.7 Å². The van der Waals surface area contributed by atoms with Gasteiger partial charge in [0.05, 0.1) is 16.3 Å². The third-order valence-electron chi connectivity index (χ3n) is 4.53. The minimum absolute atomic E-state index is 0.0168. The highest BCUT2D eigenvalue weighted by Crippen LogP contribution is 2.26. The molecule has 0 atom stereocenters. The predicted molar refractivity (Wildman–Crippen MR) is 101 cm³/mol. The van der Waals surface area contributed by atoms with E-state index in [2.05, 4.69) is 5.32 Å². The molecule has 0 unspecified atom stereocenters. The van der Waals surface area contributed by atoms with Crippen molar-refractivity contribution in [3.05, 3.63) is 58.0 Å². The maximum absolute atomic E-state index is 12.2. The monoisotopic (exact) mass is 394 g/mol. The highest BCUT2D eigenvalue weighted by atomic mass is 35.5. The van der Waals surface area contributed by atoms with Crippen LogP contribution in [0.2, 0.25) is 10.0 Å². The first-order chi connectivity index (χ1) is 12.5. The number of carbonyl (C=O) groups is 2. The molecule has 1 aliphatic rings. The summed E-state index contributed by atoms with van der Waals surface area (Å²) in [4.78, 5) is 26.2. The zero-order valence-corrected chi connectivity index (χ0v) is 15.7. The molecule has 1 aromatic carbocycles. The topological polar surface area (TPSA) is 62.6 Å². The van der Waals surface area contributed by atoms with Crippen LogP contribution in [0, 0.1) is 0 Å². The number of rotatable bonds is 5. The molecule has 1 N–H and O–H groups in total. The van der Waals surface area contributed by atoms with Crippen LogP contribution in [0.1, 0.15) is 35.4 Å². The summed E-state index contributed by atoms with van der Waals surface area (Å²) in [5.41, 5.74) is 0.869. The molecule has 0 radical (unpaired) electrons. The number of benzene rings is 1. The maximum atomic E-state index is 12.2. The summed E-state index contributed by atoms with van der Waals surface area (Å²) in [5.74, 6) is 0.234. The molecule has 0 bridgehead atoms. The second-order valence-electron chi connectivity index (χ2n) is 6.32. The van der Waals surface area contributed by atoms with Crippen molar-refractivity contribution in [2.45, 2.75) is 31.7 Å². The minimum atomic E-state index is -0.102. The van der Waals surface area contributed by atoms with Gasteiger partial charge in [0.25, 0.3) is 5.91 Å². The maximum Gasteiger partial charge on any atom is 0.289 e. The van der Waals surface area contributed by atoms with Gasteiger partial charge in [-0.05, 0) is 43.0 Å². The van der Waals surface area contributed by atoms with Gasteiger partial charge in [-0.2, -0.15) is 0 Å². The molecule has 7 heteroatoms. The van der Waals surface area contributed by atoms with Crippen molar-refractivity contribution in [1.29, 1.82) is 0 Å². The van der Waals surface area contributed by atoms with E-state index < -0.39 is 0 Å². The fourth-order valence-corrected chi connectivity index (χ4v) is 3.49. The van der Waals surface area contributed by atoms with Crippen molar-refractivity contribution in [1.82, 2.24) is 10.2 Å². The first-order valence-electron chi connectivity index (χ1n) is 8.59. The lowest BCUT2D eigenvalue weighted by Gasteiger charge is -2.31. The molecule has 138 valence electrons. The molecule has 2 amide bonds. The van der Waals surface area contributed by atoms with E-state index in [0.717, 1.165) is 18.4 Å². The van der Waals surface area contributed by atoms with Crippen molar-refractivity contribution >= 4 is 35.0 Å². The van der Waals surface area contributed by atoms with E-state index in [9.17, 15) is 9.59 Å². The van der Waals surface area contributed by atoms with E-state index in [1.165, 1.54) is 6.26 Å². The number of furan rings is 1. The van der Waals surface area contributed by atoms with Crippen LogP contribution in [-0.2, 0) is 11.2 Å². The van der Waals surface area contributed by atoms with Crippen molar-refractivity contribution < 1.29 is 14.0 Å². The van der Waals surface area contributed by atoms with Crippen molar-refractivity contribution in [3.63, 3.8) is 0 Å². The Bertz CT molecular complexity index is 769. The Balaban J connectivity index is 1.43. The Kier molecular flexibility index (Phi) is 6.22. The summed E-state index contributed by atoms with van der Waals surface area (Å²) >= 11 is 12.1. The molecular formula is C19H20Cl2N2O3. The molecule has 5 nitrogen and oxygen atoms in total. The molecule has 1 aromatic heterocycles. The third-order valence-corrected chi connectivity index (χ3v) is 5.39. The van der Waals surface area contributed by atoms with E-state index >= 15 is 0 Å². The Morgan fingerprint density at radius 1 is 1.15 bits per heavy atom. The number of carbonyl (C=O) groups excluding carboxylic acids is 2. The van der Waals surface area contributed by atoms with Gasteiger partial charge in [-0.3, -0.25) is 9.59 Å². The van der Waals surface area contributed by atoms with E-state index in [1.807, 2.05) is 12.1 Å². The molecule has 2 heterocycles. The molecule has 0 aliphatic carbocycles. The molecule has 1 saturated heterocycles. The smallest absolute Gasteiger partial charge is 0.289 e. The number of piperidine rings is 1. The average Bonchev–Trinajstić information content (AvgIpc) is 3.18. The van der Waals surface area contributed by atoms with Crippen LogP contribution in [-0.4, -0.2) is 35.8 Å². The lowest BCUT2D eigenvalue weighted by atomic mass is 10.0. The second kappa shape index (κ2) is 8.60. The molecule has 2 aromatic rings. The largest absolute Gasteiger partial charge is 0.459 e. The molecule has 0 saturated carbocycles.